The van der Waals surface area contributed by atoms with Crippen LogP contribution >= 0.6 is 0 Å². The molecule has 3 rings (SSSR count). The van der Waals surface area contributed by atoms with Crippen molar-refractivity contribution >= 4 is 6.08 Å². The molecule has 1 aromatic rings. The normalized spacial score (nSPS) is 26.6. The monoisotopic (exact) mass is 175 g/mol. The fraction of sp³-hybridized carbons (Fsp3) is 0.500. The van der Waals surface area contributed by atoms with Gasteiger partial charge in [-0.15, -0.1) is 10.2 Å². The number of rotatable bonds is 0. The van der Waals surface area contributed by atoms with Crippen LogP contribution in [0, 0.1) is 5.92 Å². The van der Waals surface area contributed by atoms with Crippen molar-refractivity contribution in [2.24, 2.45) is 5.92 Å². The molecule has 2 aliphatic carbocycles. The van der Waals surface area contributed by atoms with Crippen LogP contribution in [0.1, 0.15) is 37.6 Å². The molecule has 2 aliphatic rings. The minimum atomic E-state index is 0.658. The lowest BCUT2D eigenvalue weighted by Gasteiger charge is -2.04. The Morgan fingerprint density at radius 2 is 2.23 bits per heavy atom. The van der Waals surface area contributed by atoms with Gasteiger partial charge in [0, 0.05) is 5.92 Å². The van der Waals surface area contributed by atoms with Gasteiger partial charge >= 0.3 is 0 Å². The van der Waals surface area contributed by atoms with Crippen molar-refractivity contribution in [2.75, 3.05) is 0 Å². The molecule has 13 heavy (non-hydrogen) atoms. The van der Waals surface area contributed by atoms with Crippen molar-refractivity contribution in [1.82, 2.24) is 15.2 Å². The van der Waals surface area contributed by atoms with Gasteiger partial charge in [-0.3, -0.25) is 0 Å². The summed E-state index contributed by atoms with van der Waals surface area (Å²) in [6.45, 7) is 4.00. The molecule has 2 unspecified atom stereocenters. The summed E-state index contributed by atoms with van der Waals surface area (Å²) >= 11 is 0. The molecule has 0 bridgehead atoms. The molecule has 68 valence electrons. The smallest absolute Gasteiger partial charge is 0.138 e. The van der Waals surface area contributed by atoms with E-state index in [1.54, 1.807) is 0 Å². The van der Waals surface area contributed by atoms with Crippen LogP contribution in [0.3, 0.4) is 0 Å². The summed E-state index contributed by atoms with van der Waals surface area (Å²) < 4.78 is 0. The minimum absolute atomic E-state index is 0.658. The fourth-order valence-corrected chi connectivity index (χ4v) is 1.65. The molecule has 1 fully saturated rings. The third-order valence-electron chi connectivity index (χ3n) is 2.37. The van der Waals surface area contributed by atoms with Crippen molar-refractivity contribution in [3.05, 3.63) is 23.8 Å². The van der Waals surface area contributed by atoms with Crippen LogP contribution in [0.5, 0.6) is 0 Å². The first-order valence-electron chi connectivity index (χ1n) is 4.81. The van der Waals surface area contributed by atoms with E-state index in [1.165, 1.54) is 12.7 Å². The summed E-state index contributed by atoms with van der Waals surface area (Å²) in [5, 5.41) is 7.74. The van der Waals surface area contributed by atoms with Crippen LogP contribution in [0.2, 0.25) is 0 Å². The molecule has 3 heteroatoms. The van der Waals surface area contributed by atoms with Gasteiger partial charge in [-0.05, 0) is 18.4 Å². The second kappa shape index (κ2) is 3.24. The highest BCUT2D eigenvalue weighted by Gasteiger charge is 2.41. The molecule has 0 aromatic carbocycles. The Bertz CT molecular complexity index is 333. The maximum Gasteiger partial charge on any atom is 0.138 e. The van der Waals surface area contributed by atoms with E-state index in [0.29, 0.717) is 5.92 Å². The summed E-state index contributed by atoms with van der Waals surface area (Å²) in [6.07, 6.45) is 7.03. The van der Waals surface area contributed by atoms with Crippen molar-refractivity contribution < 1.29 is 0 Å². The number of fused-ring (bicyclic) bond motifs is 3. The van der Waals surface area contributed by atoms with Crippen LogP contribution in [0.4, 0.5) is 0 Å². The van der Waals surface area contributed by atoms with Gasteiger partial charge in [0.1, 0.15) is 12.0 Å². The number of nitrogens with zero attached hydrogens (tertiary/aromatic N) is 3. The molecule has 1 aromatic heterocycles. The molecule has 0 spiro atoms. The van der Waals surface area contributed by atoms with Crippen LogP contribution in [0.15, 0.2) is 12.4 Å². The molecular formula is C10H13N3. The summed E-state index contributed by atoms with van der Waals surface area (Å²) in [6, 6.07) is 0. The fourth-order valence-electron chi connectivity index (χ4n) is 1.65. The van der Waals surface area contributed by atoms with Gasteiger partial charge in [0.25, 0.3) is 0 Å². The Labute approximate surface area is 77.9 Å². The lowest BCUT2D eigenvalue weighted by Crippen LogP contribution is -2.00. The molecule has 0 radical (unpaired) electrons. The van der Waals surface area contributed by atoms with Crippen LogP contribution in [-0.2, 0) is 0 Å². The van der Waals surface area contributed by atoms with Crippen molar-refractivity contribution in [1.29, 1.82) is 0 Å². The first kappa shape index (κ1) is 8.35. The summed E-state index contributed by atoms with van der Waals surface area (Å²) in [5.74, 6) is 1.41. The Kier molecular flexibility index (Phi) is 2.08. The zero-order valence-electron chi connectivity index (χ0n) is 7.94. The zero-order chi connectivity index (χ0) is 9.26. The highest BCUT2D eigenvalue weighted by atomic mass is 15.1. The third-order valence-corrected chi connectivity index (χ3v) is 2.37. The number of hydrogen-bond acceptors (Lipinski definition) is 3. The first-order valence-corrected chi connectivity index (χ1v) is 4.81. The SMILES string of the molecule is C1=CC2CC2c2ncnnc21.CC. The number of hydrogen-bond donors (Lipinski definition) is 0. The van der Waals surface area contributed by atoms with Gasteiger partial charge < -0.3 is 0 Å². The molecule has 0 N–H and O–H groups in total. The van der Waals surface area contributed by atoms with E-state index >= 15 is 0 Å². The minimum Gasteiger partial charge on any atom is -0.237 e. The maximum absolute atomic E-state index is 4.22. The Morgan fingerprint density at radius 1 is 1.38 bits per heavy atom. The van der Waals surface area contributed by atoms with Gasteiger partial charge in [0.05, 0.1) is 5.69 Å². The van der Waals surface area contributed by atoms with Crippen molar-refractivity contribution in [2.45, 2.75) is 26.2 Å². The number of aromatic nitrogens is 3. The zero-order valence-corrected chi connectivity index (χ0v) is 7.94. The summed E-state index contributed by atoms with van der Waals surface area (Å²) in [4.78, 5) is 4.22. The van der Waals surface area contributed by atoms with Gasteiger partial charge in [-0.2, -0.15) is 0 Å². The quantitative estimate of drug-likeness (QED) is 0.605. The lowest BCUT2D eigenvalue weighted by atomic mass is 10.1. The predicted octanol–water partition coefficient (Wildman–Crippen LogP) is 2.03. The van der Waals surface area contributed by atoms with E-state index in [-0.39, 0.29) is 0 Å². The van der Waals surface area contributed by atoms with Crippen LogP contribution in [0.25, 0.3) is 6.08 Å². The van der Waals surface area contributed by atoms with Gasteiger partial charge in [0.15, 0.2) is 0 Å². The van der Waals surface area contributed by atoms with Gasteiger partial charge in [0.2, 0.25) is 0 Å². The van der Waals surface area contributed by atoms with E-state index in [0.717, 1.165) is 17.3 Å². The third kappa shape index (κ3) is 1.34. The maximum atomic E-state index is 4.22. The Hall–Kier alpha value is -1.25. The molecular weight excluding hydrogens is 162 g/mol. The highest BCUT2D eigenvalue weighted by molar-refractivity contribution is 5.54. The lowest BCUT2D eigenvalue weighted by molar-refractivity contribution is 0.848. The highest BCUT2D eigenvalue weighted by Crippen LogP contribution is 2.50. The van der Waals surface area contributed by atoms with Crippen molar-refractivity contribution in [3.8, 4) is 0 Å². The second-order valence-electron chi connectivity index (χ2n) is 3.10. The molecule has 0 amide bonds. The van der Waals surface area contributed by atoms with Crippen LogP contribution in [-0.4, -0.2) is 15.2 Å². The predicted molar refractivity (Wildman–Crippen MR) is 51.1 cm³/mol. The molecule has 0 aliphatic heterocycles. The average molecular weight is 175 g/mol. The molecule has 3 nitrogen and oxygen atoms in total. The molecule has 1 heterocycles. The first-order chi connectivity index (χ1) is 6.45. The second-order valence-corrected chi connectivity index (χ2v) is 3.10. The molecule has 2 atom stereocenters. The molecule has 0 saturated heterocycles. The van der Waals surface area contributed by atoms with Crippen molar-refractivity contribution in [3.63, 3.8) is 0 Å². The van der Waals surface area contributed by atoms with Gasteiger partial charge in [-0.25, -0.2) is 4.98 Å². The van der Waals surface area contributed by atoms with E-state index < -0.39 is 0 Å². The number of allylic oxidation sites excluding steroid dienone is 1. The Balaban J connectivity index is 0.000000308. The van der Waals surface area contributed by atoms with E-state index in [1.807, 2.05) is 19.9 Å². The Morgan fingerprint density at radius 3 is 3.08 bits per heavy atom. The topological polar surface area (TPSA) is 38.7 Å². The summed E-state index contributed by atoms with van der Waals surface area (Å²) in [5.41, 5.74) is 2.11. The summed E-state index contributed by atoms with van der Waals surface area (Å²) in [7, 11) is 0. The molecule has 1 saturated carbocycles. The standard InChI is InChI=1S/C8H7N3.C2H6/c1-2-7-8(6-3-5(1)6)9-4-10-11-7;1-2/h1-2,4-6H,3H2;1-2H3. The van der Waals surface area contributed by atoms with E-state index in [9.17, 15) is 0 Å². The van der Waals surface area contributed by atoms with E-state index in [4.69, 9.17) is 0 Å². The van der Waals surface area contributed by atoms with Gasteiger partial charge in [-0.1, -0.05) is 19.9 Å². The largest absolute Gasteiger partial charge is 0.237 e. The van der Waals surface area contributed by atoms with Crippen LogP contribution < -0.4 is 0 Å². The average Bonchev–Trinajstić information content (AvgIpc) is 3.00. The van der Waals surface area contributed by atoms with E-state index in [2.05, 4.69) is 21.3 Å².